The topological polar surface area (TPSA) is 54.0 Å². The van der Waals surface area contributed by atoms with Gasteiger partial charge < -0.3 is 19.7 Å². The van der Waals surface area contributed by atoms with Crippen LogP contribution in [-0.2, 0) is 6.54 Å². The summed E-state index contributed by atoms with van der Waals surface area (Å²) in [4.78, 5) is 16.8. The van der Waals surface area contributed by atoms with Crippen molar-refractivity contribution in [3.63, 3.8) is 0 Å². The molecular formula is C20H24ClN3O3. The van der Waals surface area contributed by atoms with Gasteiger partial charge in [-0.25, -0.2) is 4.79 Å². The standard InChI is InChI=1S/C20H24ClN3O3/c1-26-17-7-8-19(27-2)18(13-17)22-20(25)24-11-9-23(10-12-24)14-15-3-5-16(21)6-4-15/h3-8,13H,9-12,14H2,1-2H3,(H,22,25). The minimum atomic E-state index is -0.132. The van der Waals surface area contributed by atoms with Gasteiger partial charge in [-0.15, -0.1) is 0 Å². The Labute approximate surface area is 164 Å². The zero-order valence-electron chi connectivity index (χ0n) is 15.6. The number of rotatable bonds is 5. The summed E-state index contributed by atoms with van der Waals surface area (Å²) in [6.45, 7) is 3.85. The molecule has 2 aromatic carbocycles. The van der Waals surface area contributed by atoms with Crippen molar-refractivity contribution >= 4 is 23.3 Å². The van der Waals surface area contributed by atoms with Crippen molar-refractivity contribution in [1.82, 2.24) is 9.80 Å². The van der Waals surface area contributed by atoms with Gasteiger partial charge in [0.15, 0.2) is 0 Å². The van der Waals surface area contributed by atoms with Crippen LogP contribution in [0.15, 0.2) is 42.5 Å². The summed E-state index contributed by atoms with van der Waals surface area (Å²) in [5, 5.41) is 3.67. The Morgan fingerprint density at radius 3 is 2.37 bits per heavy atom. The molecule has 1 fully saturated rings. The monoisotopic (exact) mass is 389 g/mol. The highest BCUT2D eigenvalue weighted by atomic mass is 35.5. The van der Waals surface area contributed by atoms with E-state index in [1.165, 1.54) is 5.56 Å². The van der Waals surface area contributed by atoms with Crippen LogP contribution in [0.25, 0.3) is 0 Å². The fourth-order valence-electron chi connectivity index (χ4n) is 3.06. The molecule has 2 amide bonds. The van der Waals surface area contributed by atoms with Gasteiger partial charge >= 0.3 is 6.03 Å². The van der Waals surface area contributed by atoms with Crippen molar-refractivity contribution in [3.8, 4) is 11.5 Å². The highest BCUT2D eigenvalue weighted by molar-refractivity contribution is 6.30. The molecule has 1 heterocycles. The van der Waals surface area contributed by atoms with Gasteiger partial charge in [-0.3, -0.25) is 4.90 Å². The van der Waals surface area contributed by atoms with E-state index in [-0.39, 0.29) is 6.03 Å². The van der Waals surface area contributed by atoms with Crippen LogP contribution in [0.4, 0.5) is 10.5 Å². The quantitative estimate of drug-likeness (QED) is 0.847. The summed E-state index contributed by atoms with van der Waals surface area (Å²) in [5.41, 5.74) is 1.82. The highest BCUT2D eigenvalue weighted by Gasteiger charge is 2.22. The molecule has 1 aliphatic heterocycles. The second kappa shape index (κ2) is 8.97. The number of carbonyl (C=O) groups excluding carboxylic acids is 1. The van der Waals surface area contributed by atoms with Crippen LogP contribution in [0.2, 0.25) is 5.02 Å². The molecule has 1 saturated heterocycles. The summed E-state index contributed by atoms with van der Waals surface area (Å²) in [7, 11) is 3.17. The highest BCUT2D eigenvalue weighted by Crippen LogP contribution is 2.29. The first-order chi connectivity index (χ1) is 13.1. The molecule has 0 spiro atoms. The molecule has 0 atom stereocenters. The molecule has 0 bridgehead atoms. The van der Waals surface area contributed by atoms with Crippen molar-refractivity contribution in [2.75, 3.05) is 45.7 Å². The Morgan fingerprint density at radius 2 is 1.74 bits per heavy atom. The Morgan fingerprint density at radius 1 is 1.04 bits per heavy atom. The largest absolute Gasteiger partial charge is 0.497 e. The number of methoxy groups -OCH3 is 2. The van der Waals surface area contributed by atoms with Crippen LogP contribution in [0.3, 0.4) is 0 Å². The predicted octanol–water partition coefficient (Wildman–Crippen LogP) is 3.71. The molecule has 1 N–H and O–H groups in total. The molecule has 0 aliphatic carbocycles. The van der Waals surface area contributed by atoms with Crippen LogP contribution in [-0.4, -0.2) is 56.2 Å². The molecule has 0 radical (unpaired) electrons. The normalized spacial score (nSPS) is 14.7. The van der Waals surface area contributed by atoms with Gasteiger partial charge in [-0.1, -0.05) is 23.7 Å². The third-order valence-corrected chi connectivity index (χ3v) is 4.88. The van der Waals surface area contributed by atoms with Crippen molar-refractivity contribution in [2.45, 2.75) is 6.54 Å². The first kappa shape index (κ1) is 19.3. The second-order valence-corrected chi connectivity index (χ2v) is 6.82. The minimum Gasteiger partial charge on any atom is -0.497 e. The van der Waals surface area contributed by atoms with Gasteiger partial charge in [0.05, 0.1) is 19.9 Å². The zero-order chi connectivity index (χ0) is 19.2. The molecule has 6 nitrogen and oxygen atoms in total. The first-order valence-electron chi connectivity index (χ1n) is 8.84. The molecule has 2 aromatic rings. The number of benzene rings is 2. The van der Waals surface area contributed by atoms with Crippen LogP contribution in [0, 0.1) is 0 Å². The molecule has 0 unspecified atom stereocenters. The second-order valence-electron chi connectivity index (χ2n) is 6.39. The lowest BCUT2D eigenvalue weighted by atomic mass is 10.2. The van der Waals surface area contributed by atoms with E-state index in [0.717, 1.165) is 24.7 Å². The molecule has 0 saturated carbocycles. The van der Waals surface area contributed by atoms with E-state index in [1.54, 1.807) is 32.4 Å². The number of ether oxygens (including phenoxy) is 2. The fourth-order valence-corrected chi connectivity index (χ4v) is 3.19. The number of halogens is 1. The SMILES string of the molecule is COc1ccc(OC)c(NC(=O)N2CCN(Cc3ccc(Cl)cc3)CC2)c1. The van der Waals surface area contributed by atoms with E-state index in [2.05, 4.69) is 10.2 Å². The number of nitrogens with one attached hydrogen (secondary N) is 1. The van der Waals surface area contributed by atoms with Crippen molar-refractivity contribution < 1.29 is 14.3 Å². The summed E-state index contributed by atoms with van der Waals surface area (Å²) >= 11 is 5.93. The number of nitrogens with zero attached hydrogens (tertiary/aromatic N) is 2. The molecule has 0 aromatic heterocycles. The Hall–Kier alpha value is -2.44. The van der Waals surface area contributed by atoms with Crippen LogP contribution < -0.4 is 14.8 Å². The van der Waals surface area contributed by atoms with E-state index in [1.807, 2.05) is 29.2 Å². The average Bonchev–Trinajstić information content (AvgIpc) is 2.70. The molecule has 1 aliphatic rings. The fraction of sp³-hybridized carbons (Fsp3) is 0.350. The van der Waals surface area contributed by atoms with Crippen molar-refractivity contribution in [2.24, 2.45) is 0 Å². The van der Waals surface area contributed by atoms with Crippen molar-refractivity contribution in [3.05, 3.63) is 53.1 Å². The predicted molar refractivity (Wildman–Crippen MR) is 107 cm³/mol. The number of carbonyl (C=O) groups is 1. The minimum absolute atomic E-state index is 0.132. The molecule has 144 valence electrons. The lowest BCUT2D eigenvalue weighted by Gasteiger charge is -2.34. The van der Waals surface area contributed by atoms with Gasteiger partial charge in [-0.2, -0.15) is 0 Å². The van der Waals surface area contributed by atoms with E-state index >= 15 is 0 Å². The van der Waals surface area contributed by atoms with E-state index in [4.69, 9.17) is 21.1 Å². The number of hydrogen-bond acceptors (Lipinski definition) is 4. The van der Waals surface area contributed by atoms with E-state index in [9.17, 15) is 4.79 Å². The Kier molecular flexibility index (Phi) is 6.42. The zero-order valence-corrected chi connectivity index (χ0v) is 16.3. The Bertz CT molecular complexity index is 775. The molecule has 3 rings (SSSR count). The third kappa shape index (κ3) is 5.05. The first-order valence-corrected chi connectivity index (χ1v) is 9.21. The number of anilines is 1. The van der Waals surface area contributed by atoms with E-state index in [0.29, 0.717) is 30.3 Å². The molecular weight excluding hydrogens is 366 g/mol. The maximum Gasteiger partial charge on any atom is 0.322 e. The van der Waals surface area contributed by atoms with E-state index < -0.39 is 0 Å². The number of amides is 2. The Balaban J connectivity index is 1.55. The maximum absolute atomic E-state index is 12.6. The smallest absolute Gasteiger partial charge is 0.322 e. The van der Waals surface area contributed by atoms with Gasteiger partial charge in [0.2, 0.25) is 0 Å². The van der Waals surface area contributed by atoms with Gasteiger partial charge in [0.1, 0.15) is 11.5 Å². The lowest BCUT2D eigenvalue weighted by Crippen LogP contribution is -2.49. The van der Waals surface area contributed by atoms with Gasteiger partial charge in [-0.05, 0) is 29.8 Å². The molecule has 27 heavy (non-hydrogen) atoms. The maximum atomic E-state index is 12.6. The summed E-state index contributed by atoms with van der Waals surface area (Å²) in [6.07, 6.45) is 0. The van der Waals surface area contributed by atoms with Gasteiger partial charge in [0, 0.05) is 43.8 Å². The average molecular weight is 390 g/mol. The lowest BCUT2D eigenvalue weighted by molar-refractivity contribution is 0.143. The van der Waals surface area contributed by atoms with Crippen LogP contribution in [0.1, 0.15) is 5.56 Å². The number of piperazine rings is 1. The van der Waals surface area contributed by atoms with Gasteiger partial charge in [0.25, 0.3) is 0 Å². The molecule has 7 heteroatoms. The van der Waals surface area contributed by atoms with Crippen LogP contribution >= 0.6 is 11.6 Å². The third-order valence-electron chi connectivity index (χ3n) is 4.63. The number of urea groups is 1. The van der Waals surface area contributed by atoms with Crippen LogP contribution in [0.5, 0.6) is 11.5 Å². The summed E-state index contributed by atoms with van der Waals surface area (Å²) in [6, 6.07) is 13.1. The van der Waals surface area contributed by atoms with Crippen molar-refractivity contribution in [1.29, 1.82) is 0 Å². The summed E-state index contributed by atoms with van der Waals surface area (Å²) < 4.78 is 10.5. The number of hydrogen-bond donors (Lipinski definition) is 1. The summed E-state index contributed by atoms with van der Waals surface area (Å²) in [5.74, 6) is 1.27.